The lowest BCUT2D eigenvalue weighted by Crippen LogP contribution is -2.37. The molecule has 20 heavy (non-hydrogen) atoms. The molecule has 0 amide bonds. The van der Waals surface area contributed by atoms with E-state index in [-0.39, 0.29) is 12.1 Å². The van der Waals surface area contributed by atoms with Gasteiger partial charge in [0.15, 0.2) is 0 Å². The van der Waals surface area contributed by atoms with Gasteiger partial charge in [-0.25, -0.2) is 8.42 Å². The fourth-order valence-electron chi connectivity index (χ4n) is 2.26. The first-order valence-electron chi connectivity index (χ1n) is 7.41. The van der Waals surface area contributed by atoms with Crippen LogP contribution in [0.1, 0.15) is 79.1 Å². The van der Waals surface area contributed by atoms with Crippen molar-refractivity contribution < 1.29 is 17.2 Å². The van der Waals surface area contributed by atoms with E-state index in [1.165, 1.54) is 25.7 Å². The van der Waals surface area contributed by atoms with Crippen molar-refractivity contribution in [3.05, 3.63) is 0 Å². The second kappa shape index (κ2) is 10.5. The van der Waals surface area contributed by atoms with Crippen LogP contribution in [0.25, 0.3) is 0 Å². The topological polar surface area (TPSA) is 103 Å². The van der Waals surface area contributed by atoms with Crippen LogP contribution in [-0.2, 0) is 14.6 Å². The summed E-state index contributed by atoms with van der Waals surface area (Å²) in [5.41, 5.74) is -0.871. The Morgan fingerprint density at radius 3 is 2.05 bits per heavy atom. The summed E-state index contributed by atoms with van der Waals surface area (Å²) in [4.78, 5) is 0. The molecule has 0 fully saturated rings. The molecule has 124 valence electrons. The first-order chi connectivity index (χ1) is 8.75. The number of rotatable bonds is 11. The highest BCUT2D eigenvalue weighted by Gasteiger charge is 2.32. The van der Waals surface area contributed by atoms with Gasteiger partial charge in [-0.05, 0) is 25.7 Å². The molecule has 6 heteroatoms. The quantitative estimate of drug-likeness (QED) is 0.347. The van der Waals surface area contributed by atoms with Gasteiger partial charge in [-0.2, -0.15) is 0 Å². The van der Waals surface area contributed by atoms with Crippen LogP contribution in [0.15, 0.2) is 0 Å². The lowest BCUT2D eigenvalue weighted by atomic mass is 9.84. The normalized spacial score (nSPS) is 16.2. The lowest BCUT2D eigenvalue weighted by molar-refractivity contribution is 0.0189. The van der Waals surface area contributed by atoms with Crippen LogP contribution in [-0.4, -0.2) is 18.6 Å². The van der Waals surface area contributed by atoms with Crippen molar-refractivity contribution in [2.45, 2.75) is 84.7 Å². The van der Waals surface area contributed by atoms with Gasteiger partial charge in [0, 0.05) is 0 Å². The molecule has 0 saturated carbocycles. The highest BCUT2D eigenvalue weighted by atomic mass is 32.3. The van der Waals surface area contributed by atoms with E-state index in [0.717, 1.165) is 19.3 Å². The molecule has 0 aliphatic heterocycles. The summed E-state index contributed by atoms with van der Waals surface area (Å²) in [6.07, 6.45) is 8.64. The van der Waals surface area contributed by atoms with Gasteiger partial charge >= 0.3 is 0 Å². The predicted molar refractivity (Wildman–Crippen MR) is 82.6 cm³/mol. The second-order valence-electron chi connectivity index (χ2n) is 5.62. The van der Waals surface area contributed by atoms with Gasteiger partial charge < -0.3 is 10.7 Å². The van der Waals surface area contributed by atoms with Crippen LogP contribution in [0.5, 0.6) is 0 Å². The molecule has 0 heterocycles. The largest absolute Gasteiger partial charge is 0.726 e. The van der Waals surface area contributed by atoms with Crippen LogP contribution in [0.2, 0.25) is 0 Å². The Bertz CT molecular complexity index is 332. The molecule has 0 aromatic carbocycles. The van der Waals surface area contributed by atoms with Crippen molar-refractivity contribution >= 4 is 10.4 Å². The molecule has 4 N–H and O–H groups in total. The standard InChI is InChI=1S/C14H30O4S.H3N/c1-5-7-8-9-10-11-12-13(3)14(4,6-2)18-19(15,16)17;/h13H,5-12H2,1-4H3,(H,15,16,17);1H3. The van der Waals surface area contributed by atoms with Gasteiger partial charge in [0.2, 0.25) is 10.4 Å². The molecule has 0 aliphatic carbocycles. The molecular weight excluding hydrogens is 278 g/mol. The van der Waals surface area contributed by atoms with Crippen LogP contribution in [0.4, 0.5) is 0 Å². The summed E-state index contributed by atoms with van der Waals surface area (Å²) in [6, 6.07) is 0. The van der Waals surface area contributed by atoms with Gasteiger partial charge in [-0.3, -0.25) is 4.18 Å². The van der Waals surface area contributed by atoms with Crippen LogP contribution in [0.3, 0.4) is 0 Å². The van der Waals surface area contributed by atoms with Gasteiger partial charge in [-0.1, -0.05) is 59.3 Å². The van der Waals surface area contributed by atoms with E-state index < -0.39 is 16.0 Å². The first-order valence-corrected chi connectivity index (χ1v) is 8.75. The summed E-state index contributed by atoms with van der Waals surface area (Å²) < 4.78 is 37.1. The van der Waals surface area contributed by atoms with Gasteiger partial charge in [0.05, 0.1) is 5.60 Å². The summed E-state index contributed by atoms with van der Waals surface area (Å²) in [5.74, 6) is 0.0624. The molecule has 0 bridgehead atoms. The average Bonchev–Trinajstić information content (AvgIpc) is 2.31. The van der Waals surface area contributed by atoms with E-state index in [2.05, 4.69) is 6.92 Å². The molecule has 5 nitrogen and oxygen atoms in total. The molecular formula is C14H33NO4S. The number of hydrogen-bond donors (Lipinski definition) is 1. The van der Waals surface area contributed by atoms with Crippen LogP contribution >= 0.6 is 0 Å². The summed E-state index contributed by atoms with van der Waals surface area (Å²) in [7, 11) is -4.63. The van der Waals surface area contributed by atoms with Crippen molar-refractivity contribution in [3.8, 4) is 0 Å². The Balaban J connectivity index is 0. The Kier molecular flexibility index (Phi) is 11.7. The first kappa shape index (κ1) is 22.1. The molecule has 0 aromatic heterocycles. The second-order valence-corrected chi connectivity index (χ2v) is 6.60. The number of hydrogen-bond acceptors (Lipinski definition) is 4. The monoisotopic (exact) mass is 311 g/mol. The van der Waals surface area contributed by atoms with Crippen LogP contribution < -0.4 is 6.15 Å². The van der Waals surface area contributed by atoms with Gasteiger partial charge in [-0.15, -0.1) is 0 Å². The van der Waals surface area contributed by atoms with Gasteiger partial charge in [0.1, 0.15) is 0 Å². The Morgan fingerprint density at radius 1 is 1.10 bits per heavy atom. The van der Waals surface area contributed by atoms with Crippen molar-refractivity contribution in [2.75, 3.05) is 0 Å². The van der Waals surface area contributed by atoms with E-state index in [0.29, 0.717) is 6.42 Å². The van der Waals surface area contributed by atoms with Gasteiger partial charge in [0.25, 0.3) is 0 Å². The minimum atomic E-state index is -4.63. The van der Waals surface area contributed by atoms with E-state index in [9.17, 15) is 13.0 Å². The summed E-state index contributed by atoms with van der Waals surface area (Å²) in [6.45, 7) is 7.71. The maximum Gasteiger partial charge on any atom is 0.218 e. The zero-order chi connectivity index (χ0) is 14.9. The highest BCUT2D eigenvalue weighted by molar-refractivity contribution is 7.80. The smallest absolute Gasteiger partial charge is 0.218 e. The van der Waals surface area contributed by atoms with Crippen molar-refractivity contribution in [1.29, 1.82) is 0 Å². The third-order valence-corrected chi connectivity index (χ3v) is 4.61. The number of unbranched alkanes of at least 4 members (excludes halogenated alkanes) is 5. The maximum absolute atomic E-state index is 10.8. The molecule has 2 atom stereocenters. The number of quaternary nitrogens is 1. The predicted octanol–water partition coefficient (Wildman–Crippen LogP) is 4.39. The lowest BCUT2D eigenvalue weighted by Gasteiger charge is -2.35. The molecule has 0 radical (unpaired) electrons. The summed E-state index contributed by atoms with van der Waals surface area (Å²) in [5, 5.41) is 0. The Morgan fingerprint density at radius 2 is 1.60 bits per heavy atom. The van der Waals surface area contributed by atoms with Crippen molar-refractivity contribution in [1.82, 2.24) is 6.15 Å². The highest BCUT2D eigenvalue weighted by Crippen LogP contribution is 2.31. The third-order valence-electron chi connectivity index (χ3n) is 4.03. The fourth-order valence-corrected chi connectivity index (χ4v) is 3.01. The maximum atomic E-state index is 10.8. The SMILES string of the molecule is CCCCCCCCC(C)C(C)(CC)OS(=O)(=O)[O-].[NH4+]. The Hall–Kier alpha value is -0.170. The molecule has 0 aliphatic rings. The molecule has 0 spiro atoms. The molecule has 2 unspecified atom stereocenters. The molecule has 0 saturated heterocycles. The summed E-state index contributed by atoms with van der Waals surface area (Å²) >= 11 is 0. The van der Waals surface area contributed by atoms with Crippen molar-refractivity contribution in [3.63, 3.8) is 0 Å². The minimum Gasteiger partial charge on any atom is -0.726 e. The van der Waals surface area contributed by atoms with Crippen molar-refractivity contribution in [2.24, 2.45) is 5.92 Å². The third kappa shape index (κ3) is 9.69. The van der Waals surface area contributed by atoms with E-state index >= 15 is 0 Å². The van der Waals surface area contributed by atoms with Crippen LogP contribution in [0, 0.1) is 5.92 Å². The zero-order valence-electron chi connectivity index (χ0n) is 13.8. The molecule has 0 rings (SSSR count). The minimum absolute atomic E-state index is 0. The Labute approximate surface area is 125 Å². The van der Waals surface area contributed by atoms with E-state index in [4.69, 9.17) is 4.18 Å². The zero-order valence-corrected chi connectivity index (χ0v) is 14.6. The fraction of sp³-hybridized carbons (Fsp3) is 1.00. The van der Waals surface area contributed by atoms with E-state index in [1.54, 1.807) is 6.92 Å². The molecule has 0 aromatic rings. The average molecular weight is 311 g/mol. The van der Waals surface area contributed by atoms with E-state index in [1.807, 2.05) is 13.8 Å².